The number of anilines is 2. The molecule has 2 aliphatic rings. The predicted molar refractivity (Wildman–Crippen MR) is 133 cm³/mol. The predicted octanol–water partition coefficient (Wildman–Crippen LogP) is 3.76. The van der Waals surface area contributed by atoms with Crippen molar-refractivity contribution in [2.75, 3.05) is 36.4 Å². The SMILES string of the molecule is O=C(Nc1ccc(OC2CCN(C(=O)c3ccccc3F)CC2)cc1)C1CCN(c2cccnn2)C1. The van der Waals surface area contributed by atoms with Crippen LogP contribution >= 0.6 is 0 Å². The molecule has 5 rings (SSSR count). The largest absolute Gasteiger partial charge is 0.490 e. The Labute approximate surface area is 209 Å². The van der Waals surface area contributed by atoms with Crippen LogP contribution in [0.25, 0.3) is 0 Å². The Morgan fingerprint density at radius 2 is 1.72 bits per heavy atom. The van der Waals surface area contributed by atoms with Crippen LogP contribution in [0.15, 0.2) is 66.9 Å². The number of carbonyl (C=O) groups is 2. The van der Waals surface area contributed by atoms with Crippen LogP contribution in [0.4, 0.5) is 15.9 Å². The van der Waals surface area contributed by atoms with Gasteiger partial charge in [0.1, 0.15) is 17.7 Å². The van der Waals surface area contributed by atoms with E-state index in [9.17, 15) is 14.0 Å². The number of hydrogen-bond donors (Lipinski definition) is 1. The highest BCUT2D eigenvalue weighted by Crippen LogP contribution is 2.25. The number of hydrogen-bond acceptors (Lipinski definition) is 6. The zero-order chi connectivity index (χ0) is 24.9. The Morgan fingerprint density at radius 1 is 0.944 bits per heavy atom. The normalized spacial score (nSPS) is 18.2. The minimum Gasteiger partial charge on any atom is -0.490 e. The Balaban J connectivity index is 1.08. The Morgan fingerprint density at radius 3 is 2.44 bits per heavy atom. The van der Waals surface area contributed by atoms with Gasteiger partial charge in [-0.3, -0.25) is 9.59 Å². The average Bonchev–Trinajstić information content (AvgIpc) is 3.41. The van der Waals surface area contributed by atoms with Crippen LogP contribution in [-0.2, 0) is 4.79 Å². The van der Waals surface area contributed by atoms with E-state index in [1.165, 1.54) is 12.1 Å². The molecule has 0 aliphatic carbocycles. The molecule has 2 saturated heterocycles. The molecule has 1 unspecified atom stereocenters. The number of aromatic nitrogens is 2. The fourth-order valence-corrected chi connectivity index (χ4v) is 4.68. The summed E-state index contributed by atoms with van der Waals surface area (Å²) in [5.41, 5.74) is 0.823. The number of halogens is 1. The molecule has 2 aliphatic heterocycles. The smallest absolute Gasteiger partial charge is 0.256 e. The maximum atomic E-state index is 13.9. The summed E-state index contributed by atoms with van der Waals surface area (Å²) in [6.45, 7) is 2.41. The Hall–Kier alpha value is -4.01. The molecule has 1 atom stereocenters. The van der Waals surface area contributed by atoms with Crippen LogP contribution in [0.5, 0.6) is 5.75 Å². The number of amides is 2. The number of carbonyl (C=O) groups excluding carboxylic acids is 2. The minimum absolute atomic E-state index is 0.0121. The van der Waals surface area contributed by atoms with Crippen LogP contribution < -0.4 is 15.0 Å². The summed E-state index contributed by atoms with van der Waals surface area (Å²) in [7, 11) is 0. The highest BCUT2D eigenvalue weighted by atomic mass is 19.1. The Bertz CT molecular complexity index is 1200. The van der Waals surface area contributed by atoms with E-state index in [2.05, 4.69) is 20.4 Å². The molecular formula is C27H28FN5O3. The second-order valence-corrected chi connectivity index (χ2v) is 9.12. The van der Waals surface area contributed by atoms with E-state index in [1.54, 1.807) is 23.2 Å². The second kappa shape index (κ2) is 10.7. The highest BCUT2D eigenvalue weighted by molar-refractivity contribution is 5.94. The minimum atomic E-state index is -0.496. The zero-order valence-electron chi connectivity index (χ0n) is 19.8. The van der Waals surface area contributed by atoms with Crippen molar-refractivity contribution in [3.63, 3.8) is 0 Å². The Kier molecular flexibility index (Phi) is 7.06. The van der Waals surface area contributed by atoms with Gasteiger partial charge < -0.3 is 19.9 Å². The molecule has 2 aromatic carbocycles. The molecule has 3 heterocycles. The van der Waals surface area contributed by atoms with Gasteiger partial charge in [0.2, 0.25) is 5.91 Å². The van der Waals surface area contributed by atoms with Crippen LogP contribution in [0.3, 0.4) is 0 Å². The van der Waals surface area contributed by atoms with Crippen LogP contribution in [0, 0.1) is 11.7 Å². The fourth-order valence-electron chi connectivity index (χ4n) is 4.68. The molecular weight excluding hydrogens is 461 g/mol. The van der Waals surface area contributed by atoms with Gasteiger partial charge in [-0.2, -0.15) is 5.10 Å². The summed E-state index contributed by atoms with van der Waals surface area (Å²) in [5.74, 6) is 0.595. The standard InChI is InChI=1S/C27H28FN5O3/c28-24-5-2-1-4-23(24)27(35)32-16-12-22(13-17-32)36-21-9-7-20(8-10-21)30-26(34)19-11-15-33(18-19)25-6-3-14-29-31-25/h1-10,14,19,22H,11-13,15-18H2,(H,30,34). The van der Waals surface area contributed by atoms with Gasteiger partial charge in [0.05, 0.1) is 11.5 Å². The van der Waals surface area contributed by atoms with Crippen LogP contribution in [0.2, 0.25) is 0 Å². The molecule has 36 heavy (non-hydrogen) atoms. The van der Waals surface area contributed by atoms with Crippen LogP contribution in [-0.4, -0.2) is 59.2 Å². The number of benzene rings is 2. The molecule has 0 spiro atoms. The molecule has 2 amide bonds. The molecule has 8 nitrogen and oxygen atoms in total. The van der Waals surface area contributed by atoms with E-state index < -0.39 is 5.82 Å². The summed E-state index contributed by atoms with van der Waals surface area (Å²) in [6.07, 6.45) is 3.71. The molecule has 9 heteroatoms. The highest BCUT2D eigenvalue weighted by Gasteiger charge is 2.29. The van der Waals surface area contributed by atoms with E-state index >= 15 is 0 Å². The van der Waals surface area contributed by atoms with E-state index in [0.717, 1.165) is 24.5 Å². The van der Waals surface area contributed by atoms with Gasteiger partial charge in [0, 0.05) is 50.9 Å². The first-order chi connectivity index (χ1) is 17.6. The van der Waals surface area contributed by atoms with Crippen molar-refractivity contribution in [2.24, 2.45) is 5.92 Å². The first-order valence-electron chi connectivity index (χ1n) is 12.2. The monoisotopic (exact) mass is 489 g/mol. The molecule has 186 valence electrons. The molecule has 2 fully saturated rings. The van der Waals surface area contributed by atoms with Gasteiger partial charge >= 0.3 is 0 Å². The molecule has 1 N–H and O–H groups in total. The topological polar surface area (TPSA) is 87.7 Å². The summed E-state index contributed by atoms with van der Waals surface area (Å²) >= 11 is 0. The van der Waals surface area contributed by atoms with Gasteiger partial charge in [-0.15, -0.1) is 5.10 Å². The van der Waals surface area contributed by atoms with E-state index in [1.807, 2.05) is 36.4 Å². The van der Waals surface area contributed by atoms with Crippen molar-refractivity contribution >= 4 is 23.3 Å². The lowest BCUT2D eigenvalue weighted by Gasteiger charge is -2.32. The maximum absolute atomic E-state index is 13.9. The van der Waals surface area contributed by atoms with E-state index in [-0.39, 0.29) is 29.4 Å². The van der Waals surface area contributed by atoms with Crippen molar-refractivity contribution in [1.29, 1.82) is 0 Å². The molecule has 0 bridgehead atoms. The van der Waals surface area contributed by atoms with Crippen LogP contribution in [0.1, 0.15) is 29.6 Å². The number of likely N-dealkylation sites (tertiary alicyclic amines) is 1. The summed E-state index contributed by atoms with van der Waals surface area (Å²) < 4.78 is 20.0. The summed E-state index contributed by atoms with van der Waals surface area (Å²) in [4.78, 5) is 29.1. The third kappa shape index (κ3) is 5.45. The first-order valence-corrected chi connectivity index (χ1v) is 12.2. The number of ether oxygens (including phenoxy) is 1. The zero-order valence-corrected chi connectivity index (χ0v) is 19.8. The lowest BCUT2D eigenvalue weighted by molar-refractivity contribution is -0.119. The van der Waals surface area contributed by atoms with Gasteiger partial charge in [-0.1, -0.05) is 12.1 Å². The first kappa shape index (κ1) is 23.7. The third-order valence-corrected chi connectivity index (χ3v) is 6.70. The van der Waals surface area contributed by atoms with Crippen molar-refractivity contribution in [2.45, 2.75) is 25.4 Å². The quantitative estimate of drug-likeness (QED) is 0.567. The summed E-state index contributed by atoms with van der Waals surface area (Å²) in [6, 6.07) is 17.1. The van der Waals surface area contributed by atoms with Crippen molar-refractivity contribution in [3.05, 3.63) is 78.2 Å². The third-order valence-electron chi connectivity index (χ3n) is 6.70. The molecule has 1 aromatic heterocycles. The van der Waals surface area contributed by atoms with Gasteiger partial charge in [0.15, 0.2) is 5.82 Å². The number of nitrogens with zero attached hydrogens (tertiary/aromatic N) is 4. The number of piperidine rings is 1. The number of nitrogens with one attached hydrogen (secondary N) is 1. The van der Waals surface area contributed by atoms with Crippen molar-refractivity contribution < 1.29 is 18.7 Å². The fraction of sp³-hybridized carbons (Fsp3) is 0.333. The van der Waals surface area contributed by atoms with Gasteiger partial charge in [0.25, 0.3) is 5.91 Å². The maximum Gasteiger partial charge on any atom is 0.256 e. The van der Waals surface area contributed by atoms with E-state index in [0.29, 0.717) is 38.2 Å². The molecule has 0 radical (unpaired) electrons. The second-order valence-electron chi connectivity index (χ2n) is 9.12. The molecule has 0 saturated carbocycles. The lowest BCUT2D eigenvalue weighted by atomic mass is 10.1. The summed E-state index contributed by atoms with van der Waals surface area (Å²) in [5, 5.41) is 11.0. The van der Waals surface area contributed by atoms with Crippen molar-refractivity contribution in [1.82, 2.24) is 15.1 Å². The average molecular weight is 490 g/mol. The van der Waals surface area contributed by atoms with Gasteiger partial charge in [-0.05, 0) is 55.0 Å². The van der Waals surface area contributed by atoms with Gasteiger partial charge in [-0.25, -0.2) is 4.39 Å². The van der Waals surface area contributed by atoms with Crippen molar-refractivity contribution in [3.8, 4) is 5.75 Å². The molecule has 3 aromatic rings. The lowest BCUT2D eigenvalue weighted by Crippen LogP contribution is -2.42. The number of rotatable bonds is 6. The van der Waals surface area contributed by atoms with E-state index in [4.69, 9.17) is 4.74 Å².